The van der Waals surface area contributed by atoms with E-state index >= 15 is 0 Å². The average Bonchev–Trinajstić information content (AvgIpc) is 2.44. The first kappa shape index (κ1) is 10.0. The first-order valence-corrected chi connectivity index (χ1v) is 3.98. The Morgan fingerprint density at radius 3 is 2.77 bits per heavy atom. The summed E-state index contributed by atoms with van der Waals surface area (Å²) in [5, 5.41) is 2.63. The van der Waals surface area contributed by atoms with E-state index < -0.39 is 6.23 Å². The lowest BCUT2D eigenvalue weighted by molar-refractivity contribution is -0.0757. The number of hydrogen-bond acceptors (Lipinski definition) is 3. The van der Waals surface area contributed by atoms with Gasteiger partial charge in [-0.2, -0.15) is 0 Å². The van der Waals surface area contributed by atoms with Gasteiger partial charge in [0.25, 0.3) is 0 Å². The van der Waals surface area contributed by atoms with Crippen molar-refractivity contribution in [2.45, 2.75) is 12.5 Å². The third kappa shape index (κ3) is 1.81. The maximum absolute atomic E-state index is 11.3. The van der Waals surface area contributed by atoms with Gasteiger partial charge in [-0.05, 0) is 0 Å². The summed E-state index contributed by atoms with van der Waals surface area (Å²) in [5.41, 5.74) is 0. The molecule has 1 fully saturated rings. The van der Waals surface area contributed by atoms with Gasteiger partial charge in [0, 0.05) is 20.8 Å². The summed E-state index contributed by atoms with van der Waals surface area (Å²) in [6.07, 6.45) is 0.858. The predicted molar refractivity (Wildman–Crippen MR) is 47.0 cm³/mol. The van der Waals surface area contributed by atoms with Crippen LogP contribution in [-0.2, 0) is 9.47 Å². The fourth-order valence-electron chi connectivity index (χ4n) is 1.31. The number of nitrogens with zero attached hydrogens (tertiary/aromatic N) is 1. The largest absolute Gasteiger partial charge is 0.357 e. The Labute approximate surface area is 77.3 Å². The highest BCUT2D eigenvalue weighted by Gasteiger charge is 2.38. The van der Waals surface area contributed by atoms with Crippen LogP contribution < -0.4 is 5.32 Å². The van der Waals surface area contributed by atoms with Crippen molar-refractivity contribution in [2.24, 2.45) is 0 Å². The van der Waals surface area contributed by atoms with Crippen LogP contribution in [0.4, 0.5) is 4.79 Å². The van der Waals surface area contributed by atoms with Crippen molar-refractivity contribution in [3.05, 3.63) is 12.7 Å². The molecule has 0 spiro atoms. The van der Waals surface area contributed by atoms with E-state index in [2.05, 4.69) is 11.9 Å². The highest BCUT2D eigenvalue weighted by Crippen LogP contribution is 2.14. The number of hydrogen-bond donors (Lipinski definition) is 1. The van der Waals surface area contributed by atoms with Gasteiger partial charge >= 0.3 is 6.03 Å². The van der Waals surface area contributed by atoms with Crippen molar-refractivity contribution < 1.29 is 14.3 Å². The Balaban J connectivity index is 2.69. The molecular formula is C8H14N2O3. The van der Waals surface area contributed by atoms with Gasteiger partial charge in [-0.1, -0.05) is 6.08 Å². The van der Waals surface area contributed by atoms with Gasteiger partial charge in [0.15, 0.2) is 12.5 Å². The molecule has 0 aliphatic carbocycles. The van der Waals surface area contributed by atoms with Crippen molar-refractivity contribution in [2.75, 3.05) is 20.8 Å². The number of ether oxygens (including phenoxy) is 2. The van der Waals surface area contributed by atoms with Gasteiger partial charge in [0.1, 0.15) is 0 Å². The summed E-state index contributed by atoms with van der Waals surface area (Å²) in [5.74, 6) is 0. The molecule has 2 atom stereocenters. The van der Waals surface area contributed by atoms with Gasteiger partial charge < -0.3 is 14.8 Å². The molecule has 0 radical (unpaired) electrons. The molecule has 0 aromatic rings. The number of rotatable bonds is 4. The minimum atomic E-state index is -0.405. The van der Waals surface area contributed by atoms with E-state index in [1.54, 1.807) is 6.08 Å². The normalized spacial score (nSPS) is 27.5. The first-order valence-electron chi connectivity index (χ1n) is 3.98. The van der Waals surface area contributed by atoms with Crippen LogP contribution in [0.2, 0.25) is 0 Å². The lowest BCUT2D eigenvalue weighted by Crippen LogP contribution is -2.39. The predicted octanol–water partition coefficient (Wildman–Crippen LogP) is 0.143. The molecule has 13 heavy (non-hydrogen) atoms. The maximum Gasteiger partial charge on any atom is 0.322 e. The van der Waals surface area contributed by atoms with E-state index in [9.17, 15) is 4.79 Å². The third-order valence-corrected chi connectivity index (χ3v) is 1.91. The number of methoxy groups -OCH3 is 2. The highest BCUT2D eigenvalue weighted by atomic mass is 16.6. The summed E-state index contributed by atoms with van der Waals surface area (Å²) in [4.78, 5) is 12.8. The van der Waals surface area contributed by atoms with Gasteiger partial charge in [-0.3, -0.25) is 4.90 Å². The van der Waals surface area contributed by atoms with Crippen LogP contribution >= 0.6 is 0 Å². The Kier molecular flexibility index (Phi) is 3.27. The molecular weight excluding hydrogens is 172 g/mol. The Bertz CT molecular complexity index is 208. The minimum Gasteiger partial charge on any atom is -0.357 e. The minimum absolute atomic E-state index is 0.196. The molecule has 1 heterocycles. The molecule has 1 aliphatic rings. The zero-order valence-electron chi connectivity index (χ0n) is 7.82. The molecule has 1 N–H and O–H groups in total. The number of amides is 2. The first-order chi connectivity index (χ1) is 6.24. The number of carbonyl (C=O) groups excluding carboxylic acids is 1. The van der Waals surface area contributed by atoms with Crippen LogP contribution in [-0.4, -0.2) is 44.2 Å². The Morgan fingerprint density at radius 2 is 2.31 bits per heavy atom. The highest BCUT2D eigenvalue weighted by molar-refractivity contribution is 5.77. The summed E-state index contributed by atoms with van der Waals surface area (Å²) in [6.45, 7) is 4.01. The van der Waals surface area contributed by atoms with Crippen LogP contribution in [0.15, 0.2) is 12.7 Å². The third-order valence-electron chi connectivity index (χ3n) is 1.91. The lowest BCUT2D eigenvalue weighted by atomic mass is 10.4. The fourth-order valence-corrected chi connectivity index (χ4v) is 1.31. The molecule has 5 nitrogen and oxygen atoms in total. The molecule has 2 unspecified atom stereocenters. The molecule has 0 saturated carbocycles. The number of nitrogens with one attached hydrogen (secondary N) is 1. The van der Waals surface area contributed by atoms with E-state index in [-0.39, 0.29) is 12.3 Å². The summed E-state index contributed by atoms with van der Waals surface area (Å²) in [6, 6.07) is -0.196. The van der Waals surface area contributed by atoms with E-state index in [1.807, 2.05) is 0 Å². The standard InChI is InChI=1S/C8H14N2O3/c1-4-5-10-7(13-3)6(12-2)9-8(10)11/h4,6-7H,1,5H2,2-3H3,(H,9,11). The summed E-state index contributed by atoms with van der Waals surface area (Å²) < 4.78 is 10.1. The van der Waals surface area contributed by atoms with E-state index in [0.29, 0.717) is 6.54 Å². The van der Waals surface area contributed by atoms with E-state index in [4.69, 9.17) is 9.47 Å². The second-order valence-electron chi connectivity index (χ2n) is 2.67. The van der Waals surface area contributed by atoms with Crippen LogP contribution in [0.5, 0.6) is 0 Å². The molecule has 74 valence electrons. The molecule has 0 bridgehead atoms. The second kappa shape index (κ2) is 4.25. The number of urea groups is 1. The van der Waals surface area contributed by atoms with E-state index in [1.165, 1.54) is 19.1 Å². The molecule has 0 aromatic carbocycles. The van der Waals surface area contributed by atoms with Crippen molar-refractivity contribution in [1.29, 1.82) is 0 Å². The Hall–Kier alpha value is -1.07. The molecule has 0 aromatic heterocycles. The molecule has 1 saturated heterocycles. The monoisotopic (exact) mass is 186 g/mol. The van der Waals surface area contributed by atoms with Crippen LogP contribution in [0, 0.1) is 0 Å². The van der Waals surface area contributed by atoms with Gasteiger partial charge in [0.05, 0.1) is 0 Å². The smallest absolute Gasteiger partial charge is 0.322 e. The zero-order valence-corrected chi connectivity index (χ0v) is 7.82. The van der Waals surface area contributed by atoms with Crippen molar-refractivity contribution >= 4 is 6.03 Å². The van der Waals surface area contributed by atoms with Gasteiger partial charge in [-0.15, -0.1) is 6.58 Å². The molecule has 2 amide bonds. The van der Waals surface area contributed by atoms with Crippen LogP contribution in [0.1, 0.15) is 0 Å². The van der Waals surface area contributed by atoms with Crippen molar-refractivity contribution in [3.63, 3.8) is 0 Å². The quantitative estimate of drug-likeness (QED) is 0.635. The topological polar surface area (TPSA) is 50.8 Å². The molecule has 1 rings (SSSR count). The molecule has 5 heteroatoms. The zero-order chi connectivity index (χ0) is 9.84. The van der Waals surface area contributed by atoms with Gasteiger partial charge in [-0.25, -0.2) is 4.79 Å². The van der Waals surface area contributed by atoms with Crippen molar-refractivity contribution in [3.8, 4) is 0 Å². The average molecular weight is 186 g/mol. The maximum atomic E-state index is 11.3. The van der Waals surface area contributed by atoms with Crippen molar-refractivity contribution in [1.82, 2.24) is 10.2 Å². The Morgan fingerprint density at radius 1 is 1.62 bits per heavy atom. The summed E-state index contributed by atoms with van der Waals surface area (Å²) >= 11 is 0. The SMILES string of the molecule is C=CCN1C(=O)NC(OC)C1OC. The fraction of sp³-hybridized carbons (Fsp3) is 0.625. The number of carbonyl (C=O) groups is 1. The van der Waals surface area contributed by atoms with Crippen LogP contribution in [0.25, 0.3) is 0 Å². The van der Waals surface area contributed by atoms with Crippen LogP contribution in [0.3, 0.4) is 0 Å². The van der Waals surface area contributed by atoms with E-state index in [0.717, 1.165) is 0 Å². The lowest BCUT2D eigenvalue weighted by Gasteiger charge is -2.22. The molecule has 1 aliphatic heterocycles. The van der Waals surface area contributed by atoms with Gasteiger partial charge in [0.2, 0.25) is 0 Å². The second-order valence-corrected chi connectivity index (χ2v) is 2.67. The summed E-state index contributed by atoms with van der Waals surface area (Å²) in [7, 11) is 3.06.